The van der Waals surface area contributed by atoms with Crippen LogP contribution in [-0.2, 0) is 4.74 Å². The van der Waals surface area contributed by atoms with Gasteiger partial charge in [0, 0.05) is 5.92 Å². The van der Waals surface area contributed by atoms with Crippen LogP contribution in [0.4, 0.5) is 0 Å². The summed E-state index contributed by atoms with van der Waals surface area (Å²) < 4.78 is 5.40. The Hall–Kier alpha value is -0.720. The van der Waals surface area contributed by atoms with Gasteiger partial charge in [0.2, 0.25) is 0 Å². The first-order valence-corrected chi connectivity index (χ1v) is 4.75. The van der Waals surface area contributed by atoms with E-state index in [0.29, 0.717) is 5.92 Å². The zero-order valence-corrected chi connectivity index (χ0v) is 7.94. The number of allylic oxidation sites excluding steroid dienone is 1. The third-order valence-corrected chi connectivity index (χ3v) is 2.45. The molecule has 68 valence electrons. The minimum Gasteiger partial charge on any atom is -0.498 e. The van der Waals surface area contributed by atoms with Gasteiger partial charge >= 0.3 is 0 Å². The summed E-state index contributed by atoms with van der Waals surface area (Å²) in [7, 11) is 0. The number of hydrogen-bond donors (Lipinski definition) is 0. The molecule has 0 bridgehead atoms. The van der Waals surface area contributed by atoms with Gasteiger partial charge in [-0.05, 0) is 26.2 Å². The van der Waals surface area contributed by atoms with Crippen LogP contribution in [0.25, 0.3) is 0 Å². The molecule has 1 rings (SSSR count). The molecule has 1 unspecified atom stereocenters. The maximum atomic E-state index is 5.40. The van der Waals surface area contributed by atoms with Gasteiger partial charge in [0.15, 0.2) is 0 Å². The second-order valence-corrected chi connectivity index (χ2v) is 3.36. The molecule has 1 aliphatic carbocycles. The van der Waals surface area contributed by atoms with E-state index < -0.39 is 0 Å². The van der Waals surface area contributed by atoms with Gasteiger partial charge in [0.05, 0.1) is 12.4 Å². The molecule has 0 amide bonds. The van der Waals surface area contributed by atoms with Gasteiger partial charge < -0.3 is 4.74 Å². The standard InChI is InChI=1S/C11H18O/c1-4-12-10(3)11-8-6-5-7-9(11)2/h11H,2-8H2,1H3. The van der Waals surface area contributed by atoms with Crippen LogP contribution in [0.15, 0.2) is 24.5 Å². The van der Waals surface area contributed by atoms with Crippen molar-refractivity contribution >= 4 is 0 Å². The van der Waals surface area contributed by atoms with E-state index in [9.17, 15) is 0 Å². The highest BCUT2D eigenvalue weighted by molar-refractivity contribution is 5.14. The molecule has 1 nitrogen and oxygen atoms in total. The third-order valence-electron chi connectivity index (χ3n) is 2.45. The molecule has 0 spiro atoms. The molecule has 0 aromatic rings. The smallest absolute Gasteiger partial charge is 0.0959 e. The zero-order chi connectivity index (χ0) is 8.97. The Morgan fingerprint density at radius 1 is 1.58 bits per heavy atom. The first-order valence-electron chi connectivity index (χ1n) is 4.75. The van der Waals surface area contributed by atoms with E-state index in [-0.39, 0.29) is 0 Å². The Morgan fingerprint density at radius 2 is 2.33 bits per heavy atom. The molecule has 0 saturated heterocycles. The maximum Gasteiger partial charge on any atom is 0.0959 e. The lowest BCUT2D eigenvalue weighted by atomic mass is 9.84. The lowest BCUT2D eigenvalue weighted by molar-refractivity contribution is 0.192. The van der Waals surface area contributed by atoms with Crippen LogP contribution < -0.4 is 0 Å². The summed E-state index contributed by atoms with van der Waals surface area (Å²) in [4.78, 5) is 0. The molecular weight excluding hydrogens is 148 g/mol. The third kappa shape index (κ3) is 2.13. The Morgan fingerprint density at radius 3 is 2.92 bits per heavy atom. The van der Waals surface area contributed by atoms with Crippen LogP contribution in [0.2, 0.25) is 0 Å². The molecule has 1 heteroatoms. The molecule has 0 radical (unpaired) electrons. The van der Waals surface area contributed by atoms with Crippen molar-refractivity contribution in [1.29, 1.82) is 0 Å². The summed E-state index contributed by atoms with van der Waals surface area (Å²) in [6.45, 7) is 10.7. The Labute approximate surface area is 75.1 Å². The summed E-state index contributed by atoms with van der Waals surface area (Å²) in [6.07, 6.45) is 4.90. The molecule has 0 aromatic heterocycles. The summed E-state index contributed by atoms with van der Waals surface area (Å²) in [5.74, 6) is 1.35. The van der Waals surface area contributed by atoms with Crippen molar-refractivity contribution in [2.45, 2.75) is 32.6 Å². The molecule has 0 heterocycles. The van der Waals surface area contributed by atoms with E-state index in [4.69, 9.17) is 4.74 Å². The molecule has 0 aromatic carbocycles. The van der Waals surface area contributed by atoms with Crippen LogP contribution >= 0.6 is 0 Å². The van der Waals surface area contributed by atoms with E-state index in [1.807, 2.05) is 6.92 Å². The molecule has 1 aliphatic rings. The molecule has 1 atom stereocenters. The highest BCUT2D eigenvalue weighted by Gasteiger charge is 2.20. The highest BCUT2D eigenvalue weighted by atomic mass is 16.5. The number of hydrogen-bond acceptors (Lipinski definition) is 1. The van der Waals surface area contributed by atoms with Gasteiger partial charge in [-0.15, -0.1) is 0 Å². The largest absolute Gasteiger partial charge is 0.498 e. The molecule has 1 fully saturated rings. The van der Waals surface area contributed by atoms with Crippen molar-refractivity contribution in [2.24, 2.45) is 5.92 Å². The van der Waals surface area contributed by atoms with E-state index >= 15 is 0 Å². The SMILES string of the molecule is C=C1CCCCC1C(=C)OCC. The van der Waals surface area contributed by atoms with Crippen LogP contribution in [0.5, 0.6) is 0 Å². The first-order chi connectivity index (χ1) is 5.75. The average molecular weight is 166 g/mol. The van der Waals surface area contributed by atoms with Crippen LogP contribution in [0.3, 0.4) is 0 Å². The summed E-state index contributed by atoms with van der Waals surface area (Å²) in [5, 5.41) is 0. The topological polar surface area (TPSA) is 9.23 Å². The van der Waals surface area contributed by atoms with Crippen molar-refractivity contribution in [3.63, 3.8) is 0 Å². The fourth-order valence-corrected chi connectivity index (χ4v) is 1.75. The van der Waals surface area contributed by atoms with Gasteiger partial charge in [-0.1, -0.05) is 25.2 Å². The number of ether oxygens (including phenoxy) is 1. The fourth-order valence-electron chi connectivity index (χ4n) is 1.75. The minimum absolute atomic E-state index is 0.429. The number of rotatable bonds is 3. The monoisotopic (exact) mass is 166 g/mol. The normalized spacial score (nSPS) is 23.8. The van der Waals surface area contributed by atoms with E-state index in [1.54, 1.807) is 0 Å². The lowest BCUT2D eigenvalue weighted by Gasteiger charge is -2.25. The van der Waals surface area contributed by atoms with E-state index in [2.05, 4.69) is 13.2 Å². The summed E-state index contributed by atoms with van der Waals surface area (Å²) in [5.41, 5.74) is 1.31. The van der Waals surface area contributed by atoms with Crippen molar-refractivity contribution in [2.75, 3.05) is 6.61 Å². The van der Waals surface area contributed by atoms with Crippen molar-refractivity contribution in [3.8, 4) is 0 Å². The Balaban J connectivity index is 2.48. The predicted molar refractivity (Wildman–Crippen MR) is 51.9 cm³/mol. The zero-order valence-electron chi connectivity index (χ0n) is 7.94. The maximum absolute atomic E-state index is 5.40. The van der Waals surface area contributed by atoms with Crippen LogP contribution in [0, 0.1) is 5.92 Å². The predicted octanol–water partition coefficient (Wildman–Crippen LogP) is 3.28. The molecule has 0 aliphatic heterocycles. The van der Waals surface area contributed by atoms with Crippen molar-refractivity contribution < 1.29 is 4.74 Å². The van der Waals surface area contributed by atoms with Crippen LogP contribution in [-0.4, -0.2) is 6.61 Å². The first kappa shape index (κ1) is 9.37. The Kier molecular flexibility index (Phi) is 3.39. The quantitative estimate of drug-likeness (QED) is 0.462. The van der Waals surface area contributed by atoms with E-state index in [1.165, 1.54) is 24.8 Å². The lowest BCUT2D eigenvalue weighted by Crippen LogP contribution is -2.13. The van der Waals surface area contributed by atoms with Gasteiger partial charge in [-0.3, -0.25) is 0 Å². The Bertz CT molecular complexity index is 181. The summed E-state index contributed by atoms with van der Waals surface area (Å²) in [6, 6.07) is 0. The van der Waals surface area contributed by atoms with Gasteiger partial charge in [0.1, 0.15) is 0 Å². The van der Waals surface area contributed by atoms with Gasteiger partial charge in [-0.25, -0.2) is 0 Å². The molecule has 0 N–H and O–H groups in total. The van der Waals surface area contributed by atoms with Gasteiger partial charge in [-0.2, -0.15) is 0 Å². The minimum atomic E-state index is 0.429. The van der Waals surface area contributed by atoms with E-state index in [0.717, 1.165) is 18.8 Å². The average Bonchev–Trinajstić information content (AvgIpc) is 2.05. The second kappa shape index (κ2) is 4.34. The van der Waals surface area contributed by atoms with Crippen LogP contribution in [0.1, 0.15) is 32.6 Å². The highest BCUT2D eigenvalue weighted by Crippen LogP contribution is 2.32. The van der Waals surface area contributed by atoms with Crippen molar-refractivity contribution in [3.05, 3.63) is 24.5 Å². The fraction of sp³-hybridized carbons (Fsp3) is 0.636. The molecular formula is C11H18O. The summed E-state index contributed by atoms with van der Waals surface area (Å²) >= 11 is 0. The second-order valence-electron chi connectivity index (χ2n) is 3.36. The van der Waals surface area contributed by atoms with Crippen molar-refractivity contribution in [1.82, 2.24) is 0 Å². The van der Waals surface area contributed by atoms with Gasteiger partial charge in [0.25, 0.3) is 0 Å². The molecule has 1 saturated carbocycles. The molecule has 12 heavy (non-hydrogen) atoms.